The van der Waals surface area contributed by atoms with E-state index in [-0.39, 0.29) is 40.7 Å². The largest absolute Gasteiger partial charge is 0.493 e. The van der Waals surface area contributed by atoms with Crippen LogP contribution in [0.15, 0.2) is 47.6 Å². The summed E-state index contributed by atoms with van der Waals surface area (Å²) in [5.41, 5.74) is 4.12. The number of halogens is 1. The number of rotatable bonds is 8. The van der Waals surface area contributed by atoms with Crippen LogP contribution < -0.4 is 14.9 Å². The summed E-state index contributed by atoms with van der Waals surface area (Å²) in [6, 6.07) is 11.2. The molecule has 1 amide bonds. The lowest BCUT2D eigenvalue weighted by atomic mass is 10.1. The van der Waals surface area contributed by atoms with Crippen LogP contribution in [-0.2, 0) is 11.3 Å². The molecule has 0 aliphatic heterocycles. The molecule has 0 atom stereocenters. The van der Waals surface area contributed by atoms with Gasteiger partial charge in [-0.25, -0.2) is 10.2 Å². The van der Waals surface area contributed by atoms with E-state index in [9.17, 15) is 19.7 Å². The number of hydrogen-bond acceptors (Lipinski definition) is 8. The van der Waals surface area contributed by atoms with Crippen molar-refractivity contribution in [3.05, 3.63) is 80.1 Å². The number of nitrogens with one attached hydrogen (secondary N) is 1. The quantitative estimate of drug-likeness (QED) is 0.163. The number of nitro groups is 1. The van der Waals surface area contributed by atoms with Crippen molar-refractivity contribution in [1.29, 1.82) is 0 Å². The van der Waals surface area contributed by atoms with E-state index in [2.05, 4.69) is 15.6 Å². The molecule has 0 spiro atoms. The van der Waals surface area contributed by atoms with Gasteiger partial charge in [-0.2, -0.15) is 10.2 Å². The zero-order valence-electron chi connectivity index (χ0n) is 19.4. The molecule has 1 N–H and O–H groups in total. The summed E-state index contributed by atoms with van der Waals surface area (Å²) in [7, 11) is 1.43. The van der Waals surface area contributed by atoms with Gasteiger partial charge in [-0.3, -0.25) is 19.6 Å². The highest BCUT2D eigenvalue weighted by atomic mass is 35.5. The molecule has 0 bridgehead atoms. The molecule has 0 radical (unpaired) electrons. The minimum atomic E-state index is -0.597. The van der Waals surface area contributed by atoms with E-state index in [1.165, 1.54) is 31.7 Å². The maximum absolute atomic E-state index is 12.4. The summed E-state index contributed by atoms with van der Waals surface area (Å²) in [5.74, 6) is -0.623. The van der Waals surface area contributed by atoms with Crippen molar-refractivity contribution in [1.82, 2.24) is 15.2 Å². The Hall–Kier alpha value is -4.25. The van der Waals surface area contributed by atoms with Crippen molar-refractivity contribution < 1.29 is 24.0 Å². The standard InChI is InChI=1S/C23H22ClN5O6/c1-13(25-26-21(30)12-28-15(3)22(29(32)33)14(2)27-28)16-8-9-19(20(11-16)34-4)35-23(31)17-6-5-7-18(24)10-17/h5-11H,12H2,1-4H3,(H,26,30)/b25-13+. The second-order valence-electron chi connectivity index (χ2n) is 7.43. The molecule has 3 rings (SSSR count). The Morgan fingerprint density at radius 2 is 1.91 bits per heavy atom. The molecule has 0 saturated carbocycles. The molecule has 0 aliphatic rings. The molecule has 1 heterocycles. The zero-order chi connectivity index (χ0) is 25.7. The fraction of sp³-hybridized carbons (Fsp3) is 0.217. The van der Waals surface area contributed by atoms with Gasteiger partial charge in [-0.05, 0) is 57.2 Å². The predicted molar refractivity (Wildman–Crippen MR) is 128 cm³/mol. The smallest absolute Gasteiger partial charge is 0.343 e. The van der Waals surface area contributed by atoms with Crippen molar-refractivity contribution in [2.45, 2.75) is 27.3 Å². The average molecular weight is 500 g/mol. The Balaban J connectivity index is 1.70. The Morgan fingerprint density at radius 3 is 2.54 bits per heavy atom. The molecule has 1 aromatic heterocycles. The van der Waals surface area contributed by atoms with E-state index in [4.69, 9.17) is 21.1 Å². The van der Waals surface area contributed by atoms with Crippen LogP contribution in [0.1, 0.15) is 34.2 Å². The Kier molecular flexibility index (Phi) is 7.82. The monoisotopic (exact) mass is 499 g/mol. The molecular formula is C23H22ClN5O6. The number of hydrogen-bond donors (Lipinski definition) is 1. The first kappa shape index (κ1) is 25.4. The molecule has 35 heavy (non-hydrogen) atoms. The lowest BCUT2D eigenvalue weighted by Crippen LogP contribution is -2.25. The normalized spacial score (nSPS) is 11.2. The number of methoxy groups -OCH3 is 1. The Morgan fingerprint density at radius 1 is 1.17 bits per heavy atom. The summed E-state index contributed by atoms with van der Waals surface area (Å²) in [5, 5.41) is 19.6. The molecule has 2 aromatic carbocycles. The topological polar surface area (TPSA) is 138 Å². The number of esters is 1. The van der Waals surface area contributed by atoms with Gasteiger partial charge in [0.1, 0.15) is 17.9 Å². The highest BCUT2D eigenvalue weighted by Gasteiger charge is 2.22. The van der Waals surface area contributed by atoms with E-state index >= 15 is 0 Å². The van der Waals surface area contributed by atoms with Gasteiger partial charge in [0.05, 0.1) is 23.3 Å². The number of aromatic nitrogens is 2. The zero-order valence-corrected chi connectivity index (χ0v) is 20.1. The van der Waals surface area contributed by atoms with E-state index in [1.54, 1.807) is 43.3 Å². The van der Waals surface area contributed by atoms with Gasteiger partial charge in [0.25, 0.3) is 5.91 Å². The van der Waals surface area contributed by atoms with Crippen LogP contribution in [0.5, 0.6) is 11.5 Å². The van der Waals surface area contributed by atoms with Gasteiger partial charge in [0.15, 0.2) is 11.5 Å². The number of carbonyl (C=O) groups excluding carboxylic acids is 2. The minimum Gasteiger partial charge on any atom is -0.493 e. The summed E-state index contributed by atoms with van der Waals surface area (Å²) in [6.07, 6.45) is 0. The van der Waals surface area contributed by atoms with Crippen LogP contribution in [0.2, 0.25) is 5.02 Å². The summed E-state index contributed by atoms with van der Waals surface area (Å²) < 4.78 is 12.0. The highest BCUT2D eigenvalue weighted by Crippen LogP contribution is 2.29. The molecule has 12 heteroatoms. The van der Waals surface area contributed by atoms with Crippen LogP contribution >= 0.6 is 11.6 Å². The molecule has 3 aromatic rings. The third-order valence-corrected chi connectivity index (χ3v) is 5.25. The molecule has 182 valence electrons. The summed E-state index contributed by atoms with van der Waals surface area (Å²) >= 11 is 5.92. The van der Waals surface area contributed by atoms with E-state index < -0.39 is 16.8 Å². The SMILES string of the molecule is COc1cc(/C(C)=N/NC(=O)Cn2nc(C)c([N+](=O)[O-])c2C)ccc1OC(=O)c1cccc(Cl)c1. The van der Waals surface area contributed by atoms with Crippen molar-refractivity contribution >= 4 is 34.9 Å². The van der Waals surface area contributed by atoms with Gasteiger partial charge < -0.3 is 9.47 Å². The van der Waals surface area contributed by atoms with Crippen LogP contribution in [0.3, 0.4) is 0 Å². The van der Waals surface area contributed by atoms with E-state index in [1.807, 2.05) is 0 Å². The number of hydrazone groups is 1. The van der Waals surface area contributed by atoms with Gasteiger partial charge in [-0.15, -0.1) is 0 Å². The maximum atomic E-state index is 12.4. The highest BCUT2D eigenvalue weighted by molar-refractivity contribution is 6.30. The average Bonchev–Trinajstić information content (AvgIpc) is 3.10. The summed E-state index contributed by atoms with van der Waals surface area (Å²) in [4.78, 5) is 35.3. The minimum absolute atomic E-state index is 0.124. The van der Waals surface area contributed by atoms with Crippen LogP contribution in [0, 0.1) is 24.0 Å². The van der Waals surface area contributed by atoms with E-state index in [0.717, 1.165) is 0 Å². The Bertz CT molecular complexity index is 1330. The third-order valence-electron chi connectivity index (χ3n) is 5.01. The first-order valence-electron chi connectivity index (χ1n) is 10.3. The van der Waals surface area contributed by atoms with Gasteiger partial charge >= 0.3 is 11.7 Å². The Labute approximate surface area is 205 Å². The number of nitrogens with zero attached hydrogens (tertiary/aromatic N) is 4. The van der Waals surface area contributed by atoms with Gasteiger partial charge in [0.2, 0.25) is 0 Å². The van der Waals surface area contributed by atoms with E-state index in [0.29, 0.717) is 16.3 Å². The van der Waals surface area contributed by atoms with Crippen molar-refractivity contribution in [3.63, 3.8) is 0 Å². The molecule has 0 aliphatic carbocycles. The molecule has 0 unspecified atom stereocenters. The lowest BCUT2D eigenvalue weighted by Gasteiger charge is -2.11. The molecule has 0 saturated heterocycles. The van der Waals surface area contributed by atoms with Crippen LogP contribution in [0.4, 0.5) is 5.69 Å². The lowest BCUT2D eigenvalue weighted by molar-refractivity contribution is -0.386. The predicted octanol–water partition coefficient (Wildman–Crippen LogP) is 3.83. The number of aryl methyl sites for hydroxylation is 1. The van der Waals surface area contributed by atoms with Crippen LogP contribution in [0.25, 0.3) is 0 Å². The second-order valence-corrected chi connectivity index (χ2v) is 7.87. The van der Waals surface area contributed by atoms with Crippen molar-refractivity contribution in [2.24, 2.45) is 5.10 Å². The number of ether oxygens (including phenoxy) is 2. The molecular weight excluding hydrogens is 478 g/mol. The fourth-order valence-corrected chi connectivity index (χ4v) is 3.43. The number of carbonyl (C=O) groups is 2. The first-order valence-corrected chi connectivity index (χ1v) is 10.7. The maximum Gasteiger partial charge on any atom is 0.343 e. The third kappa shape index (κ3) is 6.01. The second kappa shape index (κ2) is 10.8. The first-order chi connectivity index (χ1) is 16.6. The van der Waals surface area contributed by atoms with Gasteiger partial charge in [0, 0.05) is 10.6 Å². The molecule has 11 nitrogen and oxygen atoms in total. The summed E-state index contributed by atoms with van der Waals surface area (Å²) in [6.45, 7) is 4.46. The van der Waals surface area contributed by atoms with Crippen molar-refractivity contribution in [3.8, 4) is 11.5 Å². The van der Waals surface area contributed by atoms with Crippen molar-refractivity contribution in [2.75, 3.05) is 7.11 Å². The van der Waals surface area contributed by atoms with Crippen LogP contribution in [-0.4, -0.2) is 39.4 Å². The molecule has 0 fully saturated rings. The fourth-order valence-electron chi connectivity index (χ4n) is 3.24. The number of amides is 1. The van der Waals surface area contributed by atoms with Gasteiger partial charge in [-0.1, -0.05) is 17.7 Å². The number of benzene rings is 2.